The van der Waals surface area contributed by atoms with Crippen molar-refractivity contribution in [2.75, 3.05) is 60.2 Å². The van der Waals surface area contributed by atoms with E-state index in [2.05, 4.69) is 11.1 Å². The molecule has 1 unspecified atom stereocenters. The van der Waals surface area contributed by atoms with Crippen LogP contribution in [0.15, 0.2) is 0 Å². The second kappa shape index (κ2) is 21.5. The minimum absolute atomic E-state index is 0.0582. The molecule has 0 amide bonds. The molecule has 190 valence electrons. The highest BCUT2D eigenvalue weighted by Gasteiger charge is 2.24. The molecule has 10 heteroatoms. The average Bonchev–Trinajstić information content (AvgIpc) is 2.69. The first-order chi connectivity index (χ1) is 14.6. The van der Waals surface area contributed by atoms with Crippen molar-refractivity contribution >= 4 is 10.4 Å². The van der Waals surface area contributed by atoms with Gasteiger partial charge in [-0.15, -0.1) is 0 Å². The van der Waals surface area contributed by atoms with E-state index in [0.29, 0.717) is 37.3 Å². The number of hydrogen-bond acceptors (Lipinski definition) is 8. The fourth-order valence-electron chi connectivity index (χ4n) is 3.25. The van der Waals surface area contributed by atoms with E-state index in [1.807, 2.05) is 7.05 Å². The Kier molecular flexibility index (Phi) is 22.8. The third-order valence-corrected chi connectivity index (χ3v) is 5.50. The zero-order chi connectivity index (χ0) is 24.0. The largest absolute Gasteiger partial charge is 0.726 e. The van der Waals surface area contributed by atoms with Crippen molar-refractivity contribution < 1.29 is 41.7 Å². The quantitative estimate of drug-likeness (QED) is 0.105. The van der Waals surface area contributed by atoms with Gasteiger partial charge in [0, 0.05) is 6.61 Å². The lowest BCUT2D eigenvalue weighted by Gasteiger charge is -2.35. The highest BCUT2D eigenvalue weighted by Crippen LogP contribution is 2.10. The van der Waals surface area contributed by atoms with Crippen molar-refractivity contribution in [1.29, 1.82) is 0 Å². The lowest BCUT2D eigenvalue weighted by Crippen LogP contribution is -2.52. The summed E-state index contributed by atoms with van der Waals surface area (Å²) in [5.41, 5.74) is 0. The van der Waals surface area contributed by atoms with Crippen LogP contribution in [0.1, 0.15) is 71.1 Å². The molecule has 1 atom stereocenters. The summed E-state index contributed by atoms with van der Waals surface area (Å²) in [6.07, 6.45) is 12.5. The number of quaternary nitrogens is 1. The van der Waals surface area contributed by atoms with Gasteiger partial charge in [0.25, 0.3) is 0 Å². The van der Waals surface area contributed by atoms with Gasteiger partial charge in [0.05, 0.1) is 34.0 Å². The molecular weight excluding hydrogens is 426 g/mol. The maximum absolute atomic E-state index is 10.1. The van der Waals surface area contributed by atoms with Crippen LogP contribution in [-0.2, 0) is 19.3 Å². The summed E-state index contributed by atoms with van der Waals surface area (Å²) in [6, 6.07) is 0. The molecule has 0 aliphatic heterocycles. The minimum atomic E-state index is -4.41. The molecule has 0 aromatic carbocycles. The summed E-state index contributed by atoms with van der Waals surface area (Å²) < 4.78 is 37.1. The van der Waals surface area contributed by atoms with E-state index < -0.39 is 16.5 Å². The fourth-order valence-corrected chi connectivity index (χ4v) is 3.25. The predicted molar refractivity (Wildman–Crippen MR) is 120 cm³/mol. The Hall–Kier alpha value is -0.330. The SMILES string of the molecule is CCCCCCCCCCCCOCC(O)C[N+](C)(CCO)CCO.COS(=O)(=O)[O-]. The van der Waals surface area contributed by atoms with Gasteiger partial charge in [0.1, 0.15) is 25.7 Å². The van der Waals surface area contributed by atoms with Crippen LogP contribution in [-0.4, -0.2) is 99.1 Å². The van der Waals surface area contributed by atoms with E-state index in [4.69, 9.17) is 14.9 Å². The molecular formula is C21H47NO8S. The molecule has 0 fully saturated rings. The smallest absolute Gasteiger partial charge is 0.217 e. The molecule has 0 spiro atoms. The Morgan fingerprint density at radius 3 is 1.71 bits per heavy atom. The van der Waals surface area contributed by atoms with Crippen molar-refractivity contribution in [2.24, 2.45) is 0 Å². The van der Waals surface area contributed by atoms with Gasteiger partial charge in [-0.05, 0) is 6.42 Å². The third kappa shape index (κ3) is 25.8. The summed E-state index contributed by atoms with van der Waals surface area (Å²) in [4.78, 5) is 0. The van der Waals surface area contributed by atoms with E-state index in [9.17, 15) is 18.1 Å². The summed E-state index contributed by atoms with van der Waals surface area (Å²) in [5.74, 6) is 0. The summed E-state index contributed by atoms with van der Waals surface area (Å²) in [7, 11) is -1.66. The van der Waals surface area contributed by atoms with Gasteiger partial charge in [0.2, 0.25) is 10.4 Å². The molecule has 0 aromatic heterocycles. The molecule has 3 N–H and O–H groups in total. The molecule has 0 rings (SSSR count). The number of hydrogen-bond donors (Lipinski definition) is 3. The summed E-state index contributed by atoms with van der Waals surface area (Å²) in [6.45, 7) is 4.99. The lowest BCUT2D eigenvalue weighted by atomic mass is 10.1. The van der Waals surface area contributed by atoms with Crippen molar-refractivity contribution in [3.63, 3.8) is 0 Å². The van der Waals surface area contributed by atoms with Gasteiger partial charge in [-0.2, -0.15) is 0 Å². The molecule has 0 saturated heterocycles. The Bertz CT molecular complexity index is 470. The Morgan fingerprint density at radius 2 is 1.32 bits per heavy atom. The van der Waals surface area contributed by atoms with Crippen LogP contribution in [0.4, 0.5) is 0 Å². The van der Waals surface area contributed by atoms with Gasteiger partial charge < -0.3 is 29.1 Å². The Morgan fingerprint density at radius 1 is 0.903 bits per heavy atom. The zero-order valence-electron chi connectivity index (χ0n) is 19.8. The van der Waals surface area contributed by atoms with Gasteiger partial charge in [-0.3, -0.25) is 4.18 Å². The van der Waals surface area contributed by atoms with Gasteiger partial charge >= 0.3 is 0 Å². The van der Waals surface area contributed by atoms with Crippen molar-refractivity contribution in [2.45, 2.75) is 77.2 Å². The molecule has 0 bridgehead atoms. The Balaban J connectivity index is 0. The maximum atomic E-state index is 10.1. The zero-order valence-corrected chi connectivity index (χ0v) is 20.7. The first-order valence-electron chi connectivity index (χ1n) is 11.5. The fraction of sp³-hybridized carbons (Fsp3) is 1.00. The van der Waals surface area contributed by atoms with Crippen LogP contribution in [0.3, 0.4) is 0 Å². The predicted octanol–water partition coefficient (Wildman–Crippen LogP) is 1.81. The number of likely N-dealkylation sites (N-methyl/N-ethyl adjacent to an activating group) is 1. The van der Waals surface area contributed by atoms with Crippen LogP contribution >= 0.6 is 0 Å². The van der Waals surface area contributed by atoms with E-state index in [-0.39, 0.29) is 13.2 Å². The lowest BCUT2D eigenvalue weighted by molar-refractivity contribution is -0.913. The van der Waals surface area contributed by atoms with Crippen LogP contribution in [0, 0.1) is 0 Å². The number of aliphatic hydroxyl groups excluding tert-OH is 3. The molecule has 0 aliphatic carbocycles. The maximum Gasteiger partial charge on any atom is 0.217 e. The average molecular weight is 474 g/mol. The van der Waals surface area contributed by atoms with E-state index in [0.717, 1.165) is 13.5 Å². The molecule has 0 radical (unpaired) electrons. The van der Waals surface area contributed by atoms with Crippen molar-refractivity contribution in [3.8, 4) is 0 Å². The normalized spacial score (nSPS) is 13.0. The molecule has 0 heterocycles. The number of nitrogens with zero attached hydrogens (tertiary/aromatic N) is 1. The molecule has 0 aromatic rings. The number of unbranched alkanes of at least 4 members (excludes halogenated alkanes) is 9. The second-order valence-corrected chi connectivity index (χ2v) is 9.33. The molecule has 31 heavy (non-hydrogen) atoms. The number of aliphatic hydroxyl groups is 3. The first kappa shape index (κ1) is 32.8. The standard InChI is InChI=1S/C20H44NO4.CH4O4S/c1-3-4-5-6-7-8-9-10-11-12-17-25-19-20(24)18-21(2,13-15-22)14-16-23;1-5-6(2,3)4/h20,22-24H,3-19H2,1-2H3;1H3,(H,2,3,4)/q+1;/p-1. The number of rotatable bonds is 20. The summed E-state index contributed by atoms with van der Waals surface area (Å²) in [5, 5.41) is 28.3. The molecule has 0 aliphatic rings. The van der Waals surface area contributed by atoms with Gasteiger partial charge in [-0.1, -0.05) is 64.7 Å². The number of ether oxygens (including phenoxy) is 1. The summed E-state index contributed by atoms with van der Waals surface area (Å²) >= 11 is 0. The molecule has 9 nitrogen and oxygen atoms in total. The minimum Gasteiger partial charge on any atom is -0.726 e. The molecule has 0 saturated carbocycles. The van der Waals surface area contributed by atoms with Gasteiger partial charge in [-0.25, -0.2) is 8.42 Å². The van der Waals surface area contributed by atoms with E-state index in [1.54, 1.807) is 0 Å². The topological polar surface area (TPSA) is 136 Å². The van der Waals surface area contributed by atoms with Crippen LogP contribution in [0.2, 0.25) is 0 Å². The monoisotopic (exact) mass is 473 g/mol. The Labute approximate surface area is 189 Å². The third-order valence-electron chi connectivity index (χ3n) is 5.09. The van der Waals surface area contributed by atoms with Crippen LogP contribution in [0.25, 0.3) is 0 Å². The first-order valence-corrected chi connectivity index (χ1v) is 12.8. The van der Waals surface area contributed by atoms with Gasteiger partial charge in [0.15, 0.2) is 0 Å². The van der Waals surface area contributed by atoms with Crippen molar-refractivity contribution in [3.05, 3.63) is 0 Å². The van der Waals surface area contributed by atoms with E-state index in [1.165, 1.54) is 57.8 Å². The van der Waals surface area contributed by atoms with Crippen molar-refractivity contribution in [1.82, 2.24) is 0 Å². The van der Waals surface area contributed by atoms with Crippen LogP contribution in [0.5, 0.6) is 0 Å². The second-order valence-electron chi connectivity index (χ2n) is 8.18. The van der Waals surface area contributed by atoms with E-state index >= 15 is 0 Å². The van der Waals surface area contributed by atoms with Crippen LogP contribution < -0.4 is 0 Å². The highest BCUT2D eigenvalue weighted by atomic mass is 32.3. The highest BCUT2D eigenvalue weighted by molar-refractivity contribution is 7.80.